The summed E-state index contributed by atoms with van der Waals surface area (Å²) in [6.45, 7) is 10.6. The molecule has 3 N–H and O–H groups in total. The van der Waals surface area contributed by atoms with Crippen molar-refractivity contribution in [3.63, 3.8) is 0 Å². The van der Waals surface area contributed by atoms with Crippen LogP contribution in [0.25, 0.3) is 0 Å². The normalized spacial score (nSPS) is 34.9. The first-order valence-electron chi connectivity index (χ1n) is 10.4. The van der Waals surface area contributed by atoms with E-state index < -0.39 is 47.4 Å². The van der Waals surface area contributed by atoms with Crippen molar-refractivity contribution < 1.29 is 38.7 Å². The lowest BCUT2D eigenvalue weighted by atomic mass is 9.68. The second-order valence-corrected chi connectivity index (χ2v) is 8.73. The van der Waals surface area contributed by atoms with Gasteiger partial charge in [0.2, 0.25) is 0 Å². The number of hydrogen-bond donors (Lipinski definition) is 3. The Labute approximate surface area is 177 Å². The van der Waals surface area contributed by atoms with E-state index in [1.165, 1.54) is 0 Å². The highest BCUT2D eigenvalue weighted by Crippen LogP contribution is 2.42. The van der Waals surface area contributed by atoms with Gasteiger partial charge in [-0.05, 0) is 34.6 Å². The summed E-state index contributed by atoms with van der Waals surface area (Å²) in [7, 11) is 0. The zero-order chi connectivity index (χ0) is 22.7. The average Bonchev–Trinajstić information content (AvgIpc) is 3.02. The van der Waals surface area contributed by atoms with Crippen LogP contribution in [0.1, 0.15) is 48.0 Å². The number of amides is 1. The predicted octanol–water partition coefficient (Wildman–Crippen LogP) is 1.51. The fourth-order valence-corrected chi connectivity index (χ4v) is 3.96. The maximum Gasteiger partial charge on any atom is 0.407 e. The number of carbonyl (C=O) groups excluding carboxylic acids is 2. The lowest BCUT2D eigenvalue weighted by Gasteiger charge is -2.47. The van der Waals surface area contributed by atoms with Crippen molar-refractivity contribution in [2.24, 2.45) is 11.3 Å². The zero-order valence-corrected chi connectivity index (χ0v) is 18.6. The molecule has 0 spiro atoms. The number of alkyl carbamates (subject to hydrolysis) is 1. The summed E-state index contributed by atoms with van der Waals surface area (Å²) in [5.74, 6) is -1.75. The molecule has 2 rings (SSSR count). The minimum absolute atomic E-state index is 0.156. The van der Waals surface area contributed by atoms with Gasteiger partial charge in [-0.1, -0.05) is 18.6 Å². The second kappa shape index (κ2) is 9.64. The Kier molecular flexibility index (Phi) is 7.90. The van der Waals surface area contributed by atoms with Crippen LogP contribution in [0.15, 0.2) is 11.6 Å². The lowest BCUT2D eigenvalue weighted by molar-refractivity contribution is -0.201. The van der Waals surface area contributed by atoms with Gasteiger partial charge in [0.25, 0.3) is 0 Å². The molecule has 0 aliphatic carbocycles. The smallest absolute Gasteiger partial charge is 0.407 e. The molecule has 30 heavy (non-hydrogen) atoms. The highest BCUT2D eigenvalue weighted by Gasteiger charge is 2.56. The lowest BCUT2D eigenvalue weighted by Crippen LogP contribution is -2.63. The van der Waals surface area contributed by atoms with Crippen LogP contribution in [0.2, 0.25) is 0 Å². The van der Waals surface area contributed by atoms with Crippen LogP contribution in [0.5, 0.6) is 0 Å². The van der Waals surface area contributed by atoms with Gasteiger partial charge in [-0.25, -0.2) is 4.79 Å². The van der Waals surface area contributed by atoms with Gasteiger partial charge >= 0.3 is 12.1 Å². The van der Waals surface area contributed by atoms with Crippen molar-refractivity contribution in [3.8, 4) is 0 Å². The van der Waals surface area contributed by atoms with Gasteiger partial charge in [-0.15, -0.1) is 0 Å². The Morgan fingerprint density at radius 3 is 2.60 bits per heavy atom. The molecular weight excluding hydrogens is 394 g/mol. The number of esters is 1. The van der Waals surface area contributed by atoms with Gasteiger partial charge in [0, 0.05) is 12.3 Å². The summed E-state index contributed by atoms with van der Waals surface area (Å²) in [6, 6.07) is -0.931. The van der Waals surface area contributed by atoms with E-state index in [0.717, 1.165) is 0 Å². The van der Waals surface area contributed by atoms with E-state index in [0.29, 0.717) is 18.6 Å². The maximum atomic E-state index is 13.1. The quantitative estimate of drug-likeness (QED) is 0.411. The summed E-state index contributed by atoms with van der Waals surface area (Å²) in [6.07, 6.45) is -0.709. The number of aliphatic hydroxyl groups excluding tert-OH is 2. The molecule has 0 aromatic rings. The number of carbonyl (C=O) groups is 2. The van der Waals surface area contributed by atoms with E-state index in [1.54, 1.807) is 33.8 Å². The summed E-state index contributed by atoms with van der Waals surface area (Å²) in [4.78, 5) is 25.2. The molecule has 0 aromatic heterocycles. The van der Waals surface area contributed by atoms with E-state index in [-0.39, 0.29) is 19.3 Å². The molecule has 0 saturated carbocycles. The first-order chi connectivity index (χ1) is 13.9. The Hall–Kier alpha value is -1.68. The molecule has 0 aromatic carbocycles. The van der Waals surface area contributed by atoms with Crippen LogP contribution in [0.4, 0.5) is 4.79 Å². The summed E-state index contributed by atoms with van der Waals surface area (Å²) < 4.78 is 22.1. The first kappa shape index (κ1) is 24.6. The van der Waals surface area contributed by atoms with Crippen molar-refractivity contribution in [2.45, 2.75) is 78.1 Å². The fourth-order valence-electron chi connectivity index (χ4n) is 3.96. The van der Waals surface area contributed by atoms with Crippen LogP contribution in [-0.2, 0) is 23.7 Å². The van der Waals surface area contributed by atoms with Crippen molar-refractivity contribution in [3.05, 3.63) is 11.6 Å². The topological polar surface area (TPSA) is 124 Å². The first-order valence-corrected chi connectivity index (χ1v) is 10.4. The Morgan fingerprint density at radius 2 is 2.07 bits per heavy atom. The number of cyclic esters (lactones) is 1. The highest BCUT2D eigenvalue weighted by molar-refractivity contribution is 5.81. The van der Waals surface area contributed by atoms with Gasteiger partial charge in [0.05, 0.1) is 38.1 Å². The molecule has 0 unspecified atom stereocenters. The monoisotopic (exact) mass is 429 g/mol. The Balaban J connectivity index is 2.23. The molecule has 9 heteroatoms. The van der Waals surface area contributed by atoms with Crippen LogP contribution in [0.3, 0.4) is 0 Å². The van der Waals surface area contributed by atoms with Crippen LogP contribution >= 0.6 is 0 Å². The molecule has 2 aliphatic heterocycles. The molecule has 0 bridgehead atoms. The van der Waals surface area contributed by atoms with E-state index in [9.17, 15) is 19.8 Å². The number of rotatable bonds is 7. The third kappa shape index (κ3) is 5.32. The molecule has 2 aliphatic rings. The van der Waals surface area contributed by atoms with Crippen molar-refractivity contribution in [1.82, 2.24) is 5.32 Å². The number of hydrogen-bond acceptors (Lipinski definition) is 8. The van der Waals surface area contributed by atoms with Crippen molar-refractivity contribution in [1.29, 1.82) is 0 Å². The van der Waals surface area contributed by atoms with Crippen LogP contribution in [0, 0.1) is 11.3 Å². The van der Waals surface area contributed by atoms with E-state index >= 15 is 0 Å². The van der Waals surface area contributed by atoms with Crippen LogP contribution in [-0.4, -0.2) is 72.2 Å². The summed E-state index contributed by atoms with van der Waals surface area (Å²) >= 11 is 0. The third-order valence-corrected chi connectivity index (χ3v) is 5.86. The Morgan fingerprint density at radius 1 is 1.40 bits per heavy atom. The van der Waals surface area contributed by atoms with Crippen LogP contribution < -0.4 is 5.32 Å². The molecule has 0 radical (unpaired) electrons. The number of ether oxygens (including phenoxy) is 4. The van der Waals surface area contributed by atoms with Gasteiger partial charge in [0.1, 0.15) is 11.5 Å². The molecule has 172 valence electrons. The van der Waals surface area contributed by atoms with Crippen molar-refractivity contribution >= 4 is 12.1 Å². The Bertz CT molecular complexity index is 663. The van der Waals surface area contributed by atoms with E-state index in [4.69, 9.17) is 18.9 Å². The minimum Gasteiger partial charge on any atom is -0.461 e. The summed E-state index contributed by atoms with van der Waals surface area (Å²) in [5, 5.41) is 23.2. The number of aliphatic hydroxyl groups is 2. The molecule has 2 saturated heterocycles. The molecule has 6 atom stereocenters. The SMILES string of the molecule is CCOC(=O)N[C@H](/C=C(\C)CO)[C@]1(C)C(=O)O[C@H](C[C@H]2COC(C)(C)O2)[C@@H](C)[C@@H]1O. The minimum atomic E-state index is -1.47. The molecule has 2 heterocycles. The van der Waals surface area contributed by atoms with E-state index in [1.807, 2.05) is 13.8 Å². The number of nitrogens with one attached hydrogen (secondary N) is 1. The third-order valence-electron chi connectivity index (χ3n) is 5.86. The fraction of sp³-hybridized carbons (Fsp3) is 0.810. The van der Waals surface area contributed by atoms with Crippen molar-refractivity contribution in [2.75, 3.05) is 19.8 Å². The predicted molar refractivity (Wildman–Crippen MR) is 107 cm³/mol. The maximum absolute atomic E-state index is 13.1. The average molecular weight is 430 g/mol. The molecule has 9 nitrogen and oxygen atoms in total. The summed E-state index contributed by atoms with van der Waals surface area (Å²) in [5.41, 5.74) is -0.933. The van der Waals surface area contributed by atoms with Gasteiger partial charge in [-0.3, -0.25) is 4.79 Å². The van der Waals surface area contributed by atoms with E-state index in [2.05, 4.69) is 5.32 Å². The van der Waals surface area contributed by atoms with Gasteiger partial charge < -0.3 is 34.5 Å². The zero-order valence-electron chi connectivity index (χ0n) is 18.6. The second-order valence-electron chi connectivity index (χ2n) is 8.73. The standard InChI is InChI=1S/C21H35NO8/c1-7-27-19(26)22-16(8-12(2)10-23)21(6)17(24)13(3)15(29-18(21)25)9-14-11-28-20(4,5)30-14/h8,13-17,23-24H,7,9-11H2,1-6H3,(H,22,26)/b12-8+/t13-,14+,15-,16-,17+,21+/m1/s1. The highest BCUT2D eigenvalue weighted by atomic mass is 16.7. The van der Waals surface area contributed by atoms with Gasteiger partial charge in [0.15, 0.2) is 5.79 Å². The molecule has 1 amide bonds. The largest absolute Gasteiger partial charge is 0.461 e. The van der Waals surface area contributed by atoms with Gasteiger partial charge in [-0.2, -0.15) is 0 Å². The molecular formula is C21H35NO8. The molecule has 2 fully saturated rings.